The molecule has 0 spiro atoms. The van der Waals surface area contributed by atoms with Crippen LogP contribution in [0, 0.1) is 5.41 Å². The molecule has 10 heavy (non-hydrogen) atoms. The SMILES string of the molecule is CC1(C)C=NC(C)(C)CC1. The Labute approximate surface area is 63.5 Å². The Morgan fingerprint density at radius 1 is 1.10 bits per heavy atom. The maximum atomic E-state index is 4.49. The van der Waals surface area contributed by atoms with Gasteiger partial charge < -0.3 is 0 Å². The van der Waals surface area contributed by atoms with Crippen LogP contribution < -0.4 is 0 Å². The van der Waals surface area contributed by atoms with Gasteiger partial charge in [0.05, 0.1) is 5.54 Å². The lowest BCUT2D eigenvalue weighted by Crippen LogP contribution is -2.29. The Morgan fingerprint density at radius 2 is 1.70 bits per heavy atom. The molecule has 0 aliphatic carbocycles. The zero-order chi connectivity index (χ0) is 7.83. The van der Waals surface area contributed by atoms with Crippen molar-refractivity contribution in [1.29, 1.82) is 0 Å². The zero-order valence-corrected chi connectivity index (χ0v) is 7.44. The lowest BCUT2D eigenvalue weighted by Gasteiger charge is -2.32. The summed E-state index contributed by atoms with van der Waals surface area (Å²) >= 11 is 0. The van der Waals surface area contributed by atoms with Crippen molar-refractivity contribution in [3.8, 4) is 0 Å². The standard InChI is InChI=1S/C9H17N/c1-8(2)5-6-9(3,4)10-7-8/h7H,5-6H2,1-4H3. The Balaban J connectivity index is 2.70. The topological polar surface area (TPSA) is 12.4 Å². The smallest absolute Gasteiger partial charge is 0.0548 e. The summed E-state index contributed by atoms with van der Waals surface area (Å²) in [5.74, 6) is 0. The van der Waals surface area contributed by atoms with E-state index in [1.165, 1.54) is 12.8 Å². The van der Waals surface area contributed by atoms with Gasteiger partial charge in [-0.05, 0) is 32.1 Å². The first-order valence-corrected chi connectivity index (χ1v) is 3.98. The first kappa shape index (κ1) is 7.77. The monoisotopic (exact) mass is 139 g/mol. The van der Waals surface area contributed by atoms with E-state index in [0.29, 0.717) is 5.41 Å². The number of rotatable bonds is 0. The van der Waals surface area contributed by atoms with Crippen molar-refractivity contribution >= 4 is 6.21 Å². The summed E-state index contributed by atoms with van der Waals surface area (Å²) in [6.45, 7) is 8.87. The molecule has 58 valence electrons. The van der Waals surface area contributed by atoms with Crippen LogP contribution in [0.1, 0.15) is 40.5 Å². The number of nitrogens with zero attached hydrogens (tertiary/aromatic N) is 1. The maximum absolute atomic E-state index is 4.49. The Bertz CT molecular complexity index is 136. The summed E-state index contributed by atoms with van der Waals surface area (Å²) in [4.78, 5) is 4.49. The molecule has 1 nitrogen and oxygen atoms in total. The van der Waals surface area contributed by atoms with Gasteiger partial charge in [-0.2, -0.15) is 0 Å². The highest BCUT2D eigenvalue weighted by Gasteiger charge is 2.27. The minimum atomic E-state index is 0.204. The Morgan fingerprint density at radius 3 is 2.00 bits per heavy atom. The second-order valence-electron chi connectivity index (χ2n) is 4.56. The number of hydrogen-bond acceptors (Lipinski definition) is 1. The third-order valence-corrected chi connectivity index (χ3v) is 2.14. The van der Waals surface area contributed by atoms with Crippen LogP contribution in [0.2, 0.25) is 0 Å². The van der Waals surface area contributed by atoms with Crippen molar-refractivity contribution in [3.05, 3.63) is 0 Å². The predicted molar refractivity (Wildman–Crippen MR) is 45.6 cm³/mol. The summed E-state index contributed by atoms with van der Waals surface area (Å²) in [6, 6.07) is 0. The van der Waals surface area contributed by atoms with Gasteiger partial charge >= 0.3 is 0 Å². The molecule has 1 rings (SSSR count). The summed E-state index contributed by atoms with van der Waals surface area (Å²) in [7, 11) is 0. The molecule has 0 atom stereocenters. The van der Waals surface area contributed by atoms with Crippen molar-refractivity contribution in [2.24, 2.45) is 10.4 Å². The van der Waals surface area contributed by atoms with Crippen LogP contribution in [-0.2, 0) is 0 Å². The van der Waals surface area contributed by atoms with Gasteiger partial charge in [-0.25, -0.2) is 0 Å². The molecule has 0 saturated heterocycles. The Hall–Kier alpha value is -0.330. The molecule has 0 aromatic heterocycles. The molecule has 0 amide bonds. The van der Waals surface area contributed by atoms with Gasteiger partial charge in [0.25, 0.3) is 0 Å². The van der Waals surface area contributed by atoms with Gasteiger partial charge in [0.15, 0.2) is 0 Å². The minimum absolute atomic E-state index is 0.204. The Kier molecular flexibility index (Phi) is 1.61. The highest BCUT2D eigenvalue weighted by Crippen LogP contribution is 2.31. The van der Waals surface area contributed by atoms with E-state index in [0.717, 1.165) is 0 Å². The first-order valence-electron chi connectivity index (χ1n) is 3.98. The molecule has 0 bridgehead atoms. The van der Waals surface area contributed by atoms with Crippen molar-refractivity contribution in [2.75, 3.05) is 0 Å². The van der Waals surface area contributed by atoms with E-state index in [4.69, 9.17) is 0 Å². The van der Waals surface area contributed by atoms with Gasteiger partial charge in [0, 0.05) is 6.21 Å². The maximum Gasteiger partial charge on any atom is 0.0548 e. The molecular formula is C9H17N. The third-order valence-electron chi connectivity index (χ3n) is 2.14. The highest BCUT2D eigenvalue weighted by atomic mass is 14.8. The summed E-state index contributed by atoms with van der Waals surface area (Å²) in [5, 5.41) is 0. The van der Waals surface area contributed by atoms with E-state index in [9.17, 15) is 0 Å². The van der Waals surface area contributed by atoms with Gasteiger partial charge in [0.1, 0.15) is 0 Å². The summed E-state index contributed by atoms with van der Waals surface area (Å²) in [6.07, 6.45) is 4.59. The fourth-order valence-corrected chi connectivity index (χ4v) is 1.11. The lowest BCUT2D eigenvalue weighted by molar-refractivity contribution is 0.348. The van der Waals surface area contributed by atoms with E-state index in [-0.39, 0.29) is 5.54 Å². The molecule has 0 aromatic rings. The molecule has 1 heteroatoms. The third kappa shape index (κ3) is 1.83. The second-order valence-corrected chi connectivity index (χ2v) is 4.56. The van der Waals surface area contributed by atoms with Crippen LogP contribution in [-0.4, -0.2) is 11.8 Å². The summed E-state index contributed by atoms with van der Waals surface area (Å²) in [5.41, 5.74) is 0.547. The molecule has 0 radical (unpaired) electrons. The predicted octanol–water partition coefficient (Wildman–Crippen LogP) is 2.66. The molecule has 0 aromatic carbocycles. The van der Waals surface area contributed by atoms with Crippen LogP contribution in [0.15, 0.2) is 4.99 Å². The minimum Gasteiger partial charge on any atom is -0.291 e. The van der Waals surface area contributed by atoms with Crippen molar-refractivity contribution < 1.29 is 0 Å². The molecular weight excluding hydrogens is 122 g/mol. The molecule has 1 aliphatic heterocycles. The summed E-state index contributed by atoms with van der Waals surface area (Å²) < 4.78 is 0. The number of hydrogen-bond donors (Lipinski definition) is 0. The molecule has 1 heterocycles. The zero-order valence-electron chi connectivity index (χ0n) is 7.44. The van der Waals surface area contributed by atoms with Gasteiger partial charge in [0.2, 0.25) is 0 Å². The molecule has 0 fully saturated rings. The number of aliphatic imine (C=N–C) groups is 1. The van der Waals surface area contributed by atoms with Crippen molar-refractivity contribution in [2.45, 2.75) is 46.1 Å². The van der Waals surface area contributed by atoms with Gasteiger partial charge in [-0.3, -0.25) is 4.99 Å². The quantitative estimate of drug-likeness (QED) is 0.489. The molecule has 0 unspecified atom stereocenters. The van der Waals surface area contributed by atoms with E-state index >= 15 is 0 Å². The van der Waals surface area contributed by atoms with Crippen LogP contribution in [0.25, 0.3) is 0 Å². The molecule has 0 N–H and O–H groups in total. The first-order chi connectivity index (χ1) is 4.41. The average Bonchev–Trinajstić information content (AvgIpc) is 1.79. The van der Waals surface area contributed by atoms with Crippen LogP contribution in [0.3, 0.4) is 0 Å². The fraction of sp³-hybridized carbons (Fsp3) is 0.889. The van der Waals surface area contributed by atoms with E-state index in [2.05, 4.69) is 38.9 Å². The fourth-order valence-electron chi connectivity index (χ4n) is 1.11. The van der Waals surface area contributed by atoms with Crippen molar-refractivity contribution in [3.63, 3.8) is 0 Å². The van der Waals surface area contributed by atoms with E-state index < -0.39 is 0 Å². The van der Waals surface area contributed by atoms with Crippen LogP contribution >= 0.6 is 0 Å². The molecule has 1 aliphatic rings. The lowest BCUT2D eigenvalue weighted by atomic mass is 9.81. The van der Waals surface area contributed by atoms with E-state index in [1.807, 2.05) is 0 Å². The van der Waals surface area contributed by atoms with Crippen LogP contribution in [0.5, 0.6) is 0 Å². The van der Waals surface area contributed by atoms with Gasteiger partial charge in [-0.1, -0.05) is 13.8 Å². The van der Waals surface area contributed by atoms with Crippen LogP contribution in [0.4, 0.5) is 0 Å². The van der Waals surface area contributed by atoms with E-state index in [1.54, 1.807) is 0 Å². The largest absolute Gasteiger partial charge is 0.291 e. The average molecular weight is 139 g/mol. The normalized spacial score (nSPS) is 28.4. The highest BCUT2D eigenvalue weighted by molar-refractivity contribution is 5.66. The van der Waals surface area contributed by atoms with Gasteiger partial charge in [-0.15, -0.1) is 0 Å². The second kappa shape index (κ2) is 2.08. The molecule has 0 saturated carbocycles. The van der Waals surface area contributed by atoms with Crippen molar-refractivity contribution in [1.82, 2.24) is 0 Å².